The van der Waals surface area contributed by atoms with Crippen LogP contribution in [0.2, 0.25) is 5.02 Å². The average Bonchev–Trinajstić information content (AvgIpc) is 2.32. The molecule has 3 nitrogen and oxygen atoms in total. The monoisotopic (exact) mass is 303 g/mol. The molecule has 0 fully saturated rings. The quantitative estimate of drug-likeness (QED) is 0.842. The molecule has 5 heteroatoms. The molecule has 1 aromatic carbocycles. The van der Waals surface area contributed by atoms with E-state index >= 15 is 0 Å². The maximum Gasteiger partial charge on any atom is 0.147 e. The zero-order chi connectivity index (χ0) is 14.5. The molecule has 0 aliphatic rings. The molecule has 19 heavy (non-hydrogen) atoms. The first kappa shape index (κ1) is 16.5. The Bertz CT molecular complexity index is 514. The van der Waals surface area contributed by atoms with Crippen molar-refractivity contribution in [2.24, 2.45) is 0 Å². The van der Waals surface area contributed by atoms with Crippen molar-refractivity contribution < 1.29 is 8.42 Å². The van der Waals surface area contributed by atoms with Crippen molar-refractivity contribution in [2.45, 2.75) is 32.7 Å². The molecule has 0 saturated heterocycles. The highest BCUT2D eigenvalue weighted by atomic mass is 35.5. The fourth-order valence-corrected chi connectivity index (χ4v) is 2.72. The first-order chi connectivity index (χ1) is 8.83. The van der Waals surface area contributed by atoms with Crippen molar-refractivity contribution in [3.8, 4) is 0 Å². The summed E-state index contributed by atoms with van der Waals surface area (Å²) in [6.45, 7) is 4.90. The van der Waals surface area contributed by atoms with Gasteiger partial charge in [0.05, 0.1) is 5.75 Å². The summed E-state index contributed by atoms with van der Waals surface area (Å²) in [6.07, 6.45) is 2.85. The van der Waals surface area contributed by atoms with Gasteiger partial charge in [0.15, 0.2) is 0 Å². The Morgan fingerprint density at radius 2 is 2.05 bits per heavy atom. The summed E-state index contributed by atoms with van der Waals surface area (Å²) in [7, 11) is -2.94. The van der Waals surface area contributed by atoms with Crippen LogP contribution in [0, 0.1) is 6.92 Å². The first-order valence-corrected chi connectivity index (χ1v) is 8.94. The molecule has 0 radical (unpaired) electrons. The second-order valence-electron chi connectivity index (χ2n) is 4.93. The highest BCUT2D eigenvalue weighted by molar-refractivity contribution is 7.90. The molecular weight excluding hydrogens is 282 g/mol. The van der Waals surface area contributed by atoms with Crippen LogP contribution in [-0.2, 0) is 9.84 Å². The van der Waals surface area contributed by atoms with Gasteiger partial charge >= 0.3 is 0 Å². The first-order valence-electron chi connectivity index (χ1n) is 6.50. The Morgan fingerprint density at radius 1 is 1.37 bits per heavy atom. The zero-order valence-electron chi connectivity index (χ0n) is 11.7. The van der Waals surface area contributed by atoms with Gasteiger partial charge in [0.25, 0.3) is 0 Å². The van der Waals surface area contributed by atoms with Crippen molar-refractivity contribution in [3.63, 3.8) is 0 Å². The van der Waals surface area contributed by atoms with E-state index in [4.69, 9.17) is 11.6 Å². The molecule has 0 heterocycles. The minimum absolute atomic E-state index is 0.0350. The third-order valence-corrected chi connectivity index (χ3v) is 4.40. The largest absolute Gasteiger partial charge is 0.310 e. The number of rotatable bonds is 7. The molecule has 1 aromatic rings. The molecule has 1 unspecified atom stereocenters. The van der Waals surface area contributed by atoms with E-state index < -0.39 is 9.84 Å². The van der Waals surface area contributed by atoms with Gasteiger partial charge in [0.2, 0.25) is 0 Å². The zero-order valence-corrected chi connectivity index (χ0v) is 13.3. The standard InChI is InChI=1S/C14H22ClNO2S/c1-4-8-16-14(7-9-19(3,17)18)12-6-5-11(2)13(15)10-12/h5-6,10,14,16H,4,7-9H2,1-3H3. The molecule has 0 bridgehead atoms. The van der Waals surface area contributed by atoms with Crippen LogP contribution in [-0.4, -0.2) is 27.0 Å². The van der Waals surface area contributed by atoms with Crippen LogP contribution in [0.25, 0.3) is 0 Å². The summed E-state index contributed by atoms with van der Waals surface area (Å²) in [5, 5.41) is 4.10. The van der Waals surface area contributed by atoms with Gasteiger partial charge in [-0.15, -0.1) is 0 Å². The van der Waals surface area contributed by atoms with Gasteiger partial charge in [-0.3, -0.25) is 0 Å². The summed E-state index contributed by atoms with van der Waals surface area (Å²) in [5.41, 5.74) is 2.08. The van der Waals surface area contributed by atoms with Crippen molar-refractivity contribution in [1.29, 1.82) is 0 Å². The number of sulfone groups is 1. The lowest BCUT2D eigenvalue weighted by atomic mass is 10.0. The summed E-state index contributed by atoms with van der Waals surface area (Å²) < 4.78 is 22.6. The minimum Gasteiger partial charge on any atom is -0.310 e. The molecule has 0 aliphatic heterocycles. The number of nitrogens with one attached hydrogen (secondary N) is 1. The van der Waals surface area contributed by atoms with Crippen LogP contribution < -0.4 is 5.32 Å². The summed E-state index contributed by atoms with van der Waals surface area (Å²) >= 11 is 6.14. The average molecular weight is 304 g/mol. The van der Waals surface area contributed by atoms with Gasteiger partial charge < -0.3 is 5.32 Å². The molecule has 1 rings (SSSR count). The van der Waals surface area contributed by atoms with Crippen LogP contribution in [0.3, 0.4) is 0 Å². The van der Waals surface area contributed by atoms with Crippen LogP contribution >= 0.6 is 11.6 Å². The van der Waals surface area contributed by atoms with Crippen molar-refractivity contribution >= 4 is 21.4 Å². The van der Waals surface area contributed by atoms with Crippen LogP contribution in [0.1, 0.15) is 36.9 Å². The maximum atomic E-state index is 11.3. The minimum atomic E-state index is -2.94. The van der Waals surface area contributed by atoms with Crippen molar-refractivity contribution in [1.82, 2.24) is 5.32 Å². The summed E-state index contributed by atoms with van der Waals surface area (Å²) in [5.74, 6) is 0.180. The third kappa shape index (κ3) is 5.93. The van der Waals surface area contributed by atoms with E-state index in [-0.39, 0.29) is 11.8 Å². The normalized spacial score (nSPS) is 13.5. The predicted octanol–water partition coefficient (Wildman–Crippen LogP) is 3.12. The second-order valence-corrected chi connectivity index (χ2v) is 7.60. The fraction of sp³-hybridized carbons (Fsp3) is 0.571. The van der Waals surface area contributed by atoms with Gasteiger partial charge in [0.1, 0.15) is 9.84 Å². The lowest BCUT2D eigenvalue weighted by Gasteiger charge is -2.19. The molecule has 0 aliphatic carbocycles. The van der Waals surface area contributed by atoms with Gasteiger partial charge in [0, 0.05) is 17.3 Å². The number of hydrogen-bond acceptors (Lipinski definition) is 3. The Balaban J connectivity index is 2.85. The highest BCUT2D eigenvalue weighted by Crippen LogP contribution is 2.23. The molecule has 108 valence electrons. The van der Waals surface area contributed by atoms with E-state index in [1.807, 2.05) is 25.1 Å². The van der Waals surface area contributed by atoms with Gasteiger partial charge in [-0.25, -0.2) is 8.42 Å². The smallest absolute Gasteiger partial charge is 0.147 e. The lowest BCUT2D eigenvalue weighted by molar-refractivity contribution is 0.513. The Kier molecular flexibility index (Phi) is 6.30. The molecule has 0 spiro atoms. The van der Waals surface area contributed by atoms with Gasteiger partial charge in [-0.2, -0.15) is 0 Å². The fourth-order valence-electron chi connectivity index (χ4n) is 1.86. The summed E-state index contributed by atoms with van der Waals surface area (Å²) in [6, 6.07) is 5.94. The molecular formula is C14H22ClNO2S. The van der Waals surface area contributed by atoms with Crippen LogP contribution in [0.5, 0.6) is 0 Å². The third-order valence-electron chi connectivity index (χ3n) is 3.02. The SMILES string of the molecule is CCCNC(CCS(C)(=O)=O)c1ccc(C)c(Cl)c1. The Morgan fingerprint density at radius 3 is 2.58 bits per heavy atom. The van der Waals surface area contributed by atoms with Crippen LogP contribution in [0.4, 0.5) is 0 Å². The highest BCUT2D eigenvalue weighted by Gasteiger charge is 2.14. The number of halogens is 1. The van der Waals surface area contributed by atoms with Crippen molar-refractivity contribution in [3.05, 3.63) is 34.3 Å². The van der Waals surface area contributed by atoms with E-state index in [9.17, 15) is 8.42 Å². The maximum absolute atomic E-state index is 11.3. The van der Waals surface area contributed by atoms with E-state index in [1.165, 1.54) is 6.26 Å². The molecule has 1 atom stereocenters. The van der Waals surface area contributed by atoms with E-state index in [0.717, 1.165) is 29.1 Å². The van der Waals surface area contributed by atoms with Gasteiger partial charge in [-0.1, -0.05) is 30.7 Å². The van der Waals surface area contributed by atoms with E-state index in [0.29, 0.717) is 6.42 Å². The lowest BCUT2D eigenvalue weighted by Crippen LogP contribution is -2.24. The number of aryl methyl sites for hydroxylation is 1. The number of hydrogen-bond donors (Lipinski definition) is 1. The van der Waals surface area contributed by atoms with E-state index in [2.05, 4.69) is 12.2 Å². The van der Waals surface area contributed by atoms with Crippen molar-refractivity contribution in [2.75, 3.05) is 18.6 Å². The topological polar surface area (TPSA) is 46.2 Å². The number of benzene rings is 1. The summed E-state index contributed by atoms with van der Waals surface area (Å²) in [4.78, 5) is 0. The molecule has 0 saturated carbocycles. The predicted molar refractivity (Wildman–Crippen MR) is 81.6 cm³/mol. The second kappa shape index (κ2) is 7.27. The van der Waals surface area contributed by atoms with E-state index in [1.54, 1.807) is 0 Å². The van der Waals surface area contributed by atoms with Gasteiger partial charge in [-0.05, 0) is 43.5 Å². The molecule has 0 aromatic heterocycles. The Hall–Kier alpha value is -0.580. The molecule has 1 N–H and O–H groups in total. The molecule has 0 amide bonds. The van der Waals surface area contributed by atoms with Crippen LogP contribution in [0.15, 0.2) is 18.2 Å². The Labute approximate surface area is 121 Å².